The van der Waals surface area contributed by atoms with E-state index >= 15 is 0 Å². The Morgan fingerprint density at radius 2 is 2.37 bits per heavy atom. The average molecular weight is 279 g/mol. The number of hydrogen-bond donors (Lipinski definition) is 1. The summed E-state index contributed by atoms with van der Waals surface area (Å²) < 4.78 is 2.81. The highest BCUT2D eigenvalue weighted by Gasteiger charge is 2.08. The van der Waals surface area contributed by atoms with Crippen molar-refractivity contribution in [3.8, 4) is 12.3 Å². The molecular formula is C11H11ClN6O. The molecular weight excluding hydrogens is 268 g/mol. The van der Waals surface area contributed by atoms with Gasteiger partial charge in [-0.25, -0.2) is 4.68 Å². The third kappa shape index (κ3) is 3.11. The van der Waals surface area contributed by atoms with E-state index in [1.807, 2.05) is 0 Å². The van der Waals surface area contributed by atoms with Gasteiger partial charge in [-0.1, -0.05) is 22.7 Å². The summed E-state index contributed by atoms with van der Waals surface area (Å²) in [6.07, 6.45) is 9.86. The van der Waals surface area contributed by atoms with Gasteiger partial charge < -0.3 is 5.32 Å². The van der Waals surface area contributed by atoms with Gasteiger partial charge in [0.15, 0.2) is 0 Å². The molecule has 0 aromatic carbocycles. The van der Waals surface area contributed by atoms with E-state index < -0.39 is 0 Å². The molecule has 8 heteroatoms. The fourth-order valence-corrected chi connectivity index (χ4v) is 1.67. The summed E-state index contributed by atoms with van der Waals surface area (Å²) in [4.78, 5) is 12.0. The van der Waals surface area contributed by atoms with E-state index in [1.165, 1.54) is 10.9 Å². The van der Waals surface area contributed by atoms with Crippen LogP contribution >= 0.6 is 11.6 Å². The lowest BCUT2D eigenvalue weighted by Crippen LogP contribution is -2.26. The van der Waals surface area contributed by atoms with E-state index in [4.69, 9.17) is 18.0 Å². The van der Waals surface area contributed by atoms with Gasteiger partial charge in [0.05, 0.1) is 24.0 Å². The Morgan fingerprint density at radius 3 is 3.05 bits per heavy atom. The first-order valence-corrected chi connectivity index (χ1v) is 5.87. The number of rotatable bonds is 5. The molecule has 0 fully saturated rings. The molecule has 0 spiro atoms. The van der Waals surface area contributed by atoms with Crippen molar-refractivity contribution in [2.45, 2.75) is 13.1 Å². The molecule has 0 unspecified atom stereocenters. The number of halogens is 1. The van der Waals surface area contributed by atoms with E-state index in [1.54, 1.807) is 17.1 Å². The molecule has 98 valence electrons. The molecule has 0 aliphatic rings. The van der Waals surface area contributed by atoms with Gasteiger partial charge in [0.2, 0.25) is 0 Å². The second kappa shape index (κ2) is 6.02. The van der Waals surface area contributed by atoms with Crippen LogP contribution in [0.2, 0.25) is 5.02 Å². The lowest BCUT2D eigenvalue weighted by molar-refractivity contribution is 0.607. The topological polar surface area (TPSA) is 77.6 Å². The first-order chi connectivity index (χ1) is 9.22. The SMILES string of the molecule is C#CCn1ncc(Cl)c(NCCn2ccnn2)c1=O. The number of terminal acetylenes is 1. The van der Waals surface area contributed by atoms with Crippen molar-refractivity contribution in [2.75, 3.05) is 11.9 Å². The molecule has 0 saturated heterocycles. The van der Waals surface area contributed by atoms with Gasteiger partial charge in [-0.3, -0.25) is 9.48 Å². The molecule has 0 saturated carbocycles. The molecule has 0 bridgehead atoms. The predicted molar refractivity (Wildman–Crippen MR) is 70.9 cm³/mol. The molecule has 1 N–H and O–H groups in total. The van der Waals surface area contributed by atoms with Crippen molar-refractivity contribution in [1.82, 2.24) is 24.8 Å². The second-order valence-corrected chi connectivity index (χ2v) is 4.03. The Balaban J connectivity index is 2.09. The van der Waals surface area contributed by atoms with E-state index in [0.29, 0.717) is 13.1 Å². The third-order valence-electron chi connectivity index (χ3n) is 2.35. The van der Waals surface area contributed by atoms with Crippen LogP contribution in [0.25, 0.3) is 0 Å². The molecule has 19 heavy (non-hydrogen) atoms. The molecule has 0 amide bonds. The van der Waals surface area contributed by atoms with Crippen molar-refractivity contribution >= 4 is 17.3 Å². The maximum atomic E-state index is 12.0. The summed E-state index contributed by atoms with van der Waals surface area (Å²) >= 11 is 5.94. The zero-order valence-corrected chi connectivity index (χ0v) is 10.7. The van der Waals surface area contributed by atoms with Gasteiger partial charge in [0.1, 0.15) is 12.2 Å². The number of anilines is 1. The van der Waals surface area contributed by atoms with Crippen LogP contribution in [0.5, 0.6) is 0 Å². The molecule has 2 aromatic rings. The first-order valence-electron chi connectivity index (χ1n) is 5.49. The number of aromatic nitrogens is 5. The lowest BCUT2D eigenvalue weighted by Gasteiger charge is -2.09. The summed E-state index contributed by atoms with van der Waals surface area (Å²) in [6, 6.07) is 0. The predicted octanol–water partition coefficient (Wildman–Crippen LogP) is 0.233. The van der Waals surface area contributed by atoms with Crippen molar-refractivity contribution in [3.05, 3.63) is 34.0 Å². The average Bonchev–Trinajstić information content (AvgIpc) is 2.90. The Labute approximate surface area is 114 Å². The van der Waals surface area contributed by atoms with Crippen LogP contribution in [-0.2, 0) is 13.1 Å². The maximum absolute atomic E-state index is 12.0. The normalized spacial score (nSPS) is 10.1. The summed E-state index contributed by atoms with van der Waals surface area (Å²) in [5, 5.41) is 14.6. The smallest absolute Gasteiger partial charge is 0.292 e. The fourth-order valence-electron chi connectivity index (χ4n) is 1.48. The summed E-state index contributed by atoms with van der Waals surface area (Å²) in [5.74, 6) is 2.36. The number of hydrogen-bond acceptors (Lipinski definition) is 5. The molecule has 0 aliphatic heterocycles. The van der Waals surface area contributed by atoms with E-state index in [-0.39, 0.29) is 22.8 Å². The maximum Gasteiger partial charge on any atom is 0.292 e. The standard InChI is InChI=1S/C11H11ClN6O/c1-2-5-18-11(19)10(9(12)8-15-18)13-3-6-17-7-4-14-16-17/h1,4,7-8,13H,3,5-6H2. The molecule has 0 aliphatic carbocycles. The van der Waals surface area contributed by atoms with Crippen LogP contribution in [0.1, 0.15) is 0 Å². The lowest BCUT2D eigenvalue weighted by atomic mass is 10.4. The second-order valence-electron chi connectivity index (χ2n) is 3.63. The number of nitrogens with zero attached hydrogens (tertiary/aromatic N) is 5. The van der Waals surface area contributed by atoms with Gasteiger partial charge in [0.25, 0.3) is 5.56 Å². The highest BCUT2D eigenvalue weighted by molar-refractivity contribution is 6.32. The Hall–Kier alpha value is -2.33. The van der Waals surface area contributed by atoms with Gasteiger partial charge in [-0.05, 0) is 0 Å². The van der Waals surface area contributed by atoms with Gasteiger partial charge in [-0.15, -0.1) is 11.5 Å². The van der Waals surface area contributed by atoms with Crippen LogP contribution < -0.4 is 10.9 Å². The highest BCUT2D eigenvalue weighted by Crippen LogP contribution is 2.14. The Bertz CT molecular complexity index is 642. The third-order valence-corrected chi connectivity index (χ3v) is 2.64. The van der Waals surface area contributed by atoms with Crippen molar-refractivity contribution < 1.29 is 0 Å². The zero-order chi connectivity index (χ0) is 13.7. The molecule has 0 atom stereocenters. The Morgan fingerprint density at radius 1 is 1.53 bits per heavy atom. The molecule has 2 rings (SSSR count). The van der Waals surface area contributed by atoms with Crippen LogP contribution in [0.3, 0.4) is 0 Å². The van der Waals surface area contributed by atoms with Crippen LogP contribution in [0.15, 0.2) is 23.4 Å². The molecule has 2 aromatic heterocycles. The summed E-state index contributed by atoms with van der Waals surface area (Å²) in [5.41, 5.74) is -0.0592. The minimum atomic E-state index is -0.343. The van der Waals surface area contributed by atoms with Crippen molar-refractivity contribution in [2.24, 2.45) is 0 Å². The van der Waals surface area contributed by atoms with Crippen molar-refractivity contribution in [1.29, 1.82) is 0 Å². The minimum absolute atomic E-state index is 0.105. The molecule has 2 heterocycles. The highest BCUT2D eigenvalue weighted by atomic mass is 35.5. The molecule has 7 nitrogen and oxygen atoms in total. The van der Waals surface area contributed by atoms with Gasteiger partial charge in [-0.2, -0.15) is 5.10 Å². The zero-order valence-electron chi connectivity index (χ0n) is 9.95. The first kappa shape index (κ1) is 13.1. The number of nitrogens with one attached hydrogen (secondary N) is 1. The van der Waals surface area contributed by atoms with E-state index in [0.717, 1.165) is 0 Å². The van der Waals surface area contributed by atoms with Crippen LogP contribution in [-0.4, -0.2) is 31.3 Å². The van der Waals surface area contributed by atoms with Crippen LogP contribution in [0.4, 0.5) is 5.69 Å². The fraction of sp³-hybridized carbons (Fsp3) is 0.273. The monoisotopic (exact) mass is 278 g/mol. The minimum Gasteiger partial charge on any atom is -0.377 e. The van der Waals surface area contributed by atoms with Gasteiger partial charge in [0, 0.05) is 12.7 Å². The Kier molecular flexibility index (Phi) is 4.15. The van der Waals surface area contributed by atoms with E-state index in [9.17, 15) is 4.79 Å². The van der Waals surface area contributed by atoms with E-state index in [2.05, 4.69) is 26.6 Å². The quantitative estimate of drug-likeness (QED) is 0.793. The molecule has 0 radical (unpaired) electrons. The largest absolute Gasteiger partial charge is 0.377 e. The van der Waals surface area contributed by atoms with Gasteiger partial charge >= 0.3 is 0 Å². The summed E-state index contributed by atoms with van der Waals surface area (Å²) in [6.45, 7) is 1.15. The summed E-state index contributed by atoms with van der Waals surface area (Å²) in [7, 11) is 0. The van der Waals surface area contributed by atoms with Crippen molar-refractivity contribution in [3.63, 3.8) is 0 Å². The van der Waals surface area contributed by atoms with Crippen LogP contribution in [0, 0.1) is 12.3 Å².